The Morgan fingerprint density at radius 1 is 1.05 bits per heavy atom. The van der Waals surface area contributed by atoms with E-state index < -0.39 is 11.6 Å². The second-order valence-corrected chi connectivity index (χ2v) is 9.95. The largest absolute Gasteiger partial charge is 0.491 e. The summed E-state index contributed by atoms with van der Waals surface area (Å²) in [6, 6.07) is 13.7. The molecule has 4 aromatic rings. The van der Waals surface area contributed by atoms with Crippen LogP contribution in [0.15, 0.2) is 73.6 Å². The van der Waals surface area contributed by atoms with Crippen molar-refractivity contribution in [3.8, 4) is 16.9 Å². The number of likely N-dealkylation sites (N-methyl/N-ethyl adjacent to an activating group) is 1. The lowest BCUT2D eigenvalue weighted by Gasteiger charge is -2.32. The molecule has 1 fully saturated rings. The van der Waals surface area contributed by atoms with Gasteiger partial charge in [0.15, 0.2) is 0 Å². The van der Waals surface area contributed by atoms with E-state index in [1.165, 1.54) is 42.7 Å². The van der Waals surface area contributed by atoms with Crippen LogP contribution >= 0.6 is 0 Å². The number of nitrogens with zero attached hydrogens (tertiary/aromatic N) is 4. The van der Waals surface area contributed by atoms with Gasteiger partial charge in [0.2, 0.25) is 5.91 Å². The molecule has 0 radical (unpaired) electrons. The van der Waals surface area contributed by atoms with Crippen molar-refractivity contribution in [1.82, 2.24) is 19.8 Å². The van der Waals surface area contributed by atoms with Crippen LogP contribution in [0.4, 0.5) is 26.0 Å². The average Bonchev–Trinajstić information content (AvgIpc) is 2.98. The highest BCUT2D eigenvalue weighted by Crippen LogP contribution is 2.34. The molecule has 1 aromatic heterocycles. The Morgan fingerprint density at radius 3 is 2.59 bits per heavy atom. The first-order valence-corrected chi connectivity index (χ1v) is 13.5. The highest BCUT2D eigenvalue weighted by atomic mass is 19.1. The van der Waals surface area contributed by atoms with E-state index in [9.17, 15) is 13.6 Å². The standard InChI is InChI=1S/C31H32F2N6O2/c1-3-30(40)37-28-18-25-27(19-29(28)41-16-4-11-39-14-12-38(2)13-15-39)34-20-35-31(25)36-23-9-10-26(33)24(17-23)21-5-7-22(32)8-6-21/h3,5-10,17-20H,1,4,11-16H2,2H3,(H,37,40)(H,34,35,36). The predicted octanol–water partition coefficient (Wildman–Crippen LogP) is 5.46. The molecule has 212 valence electrons. The van der Waals surface area contributed by atoms with Gasteiger partial charge in [-0.15, -0.1) is 0 Å². The lowest BCUT2D eigenvalue weighted by Crippen LogP contribution is -2.44. The topological polar surface area (TPSA) is 82.6 Å². The molecule has 2 heterocycles. The van der Waals surface area contributed by atoms with Gasteiger partial charge >= 0.3 is 0 Å². The molecule has 3 aromatic carbocycles. The van der Waals surface area contributed by atoms with Crippen LogP contribution in [0, 0.1) is 11.6 Å². The van der Waals surface area contributed by atoms with Crippen LogP contribution in [-0.4, -0.2) is 72.1 Å². The molecule has 1 amide bonds. The third-order valence-corrected chi connectivity index (χ3v) is 7.04. The van der Waals surface area contributed by atoms with Crippen LogP contribution in [0.2, 0.25) is 0 Å². The van der Waals surface area contributed by atoms with Gasteiger partial charge in [-0.05, 0) is 61.5 Å². The van der Waals surface area contributed by atoms with Gasteiger partial charge < -0.3 is 25.2 Å². The fourth-order valence-electron chi connectivity index (χ4n) is 4.72. The molecule has 2 N–H and O–H groups in total. The SMILES string of the molecule is C=CC(=O)Nc1cc2c(Nc3ccc(F)c(-c4ccc(F)cc4)c3)ncnc2cc1OCCCN1CCN(C)CC1. The minimum Gasteiger partial charge on any atom is -0.491 e. The molecule has 10 heteroatoms. The van der Waals surface area contributed by atoms with Crippen LogP contribution in [0.1, 0.15) is 6.42 Å². The fourth-order valence-corrected chi connectivity index (χ4v) is 4.72. The summed E-state index contributed by atoms with van der Waals surface area (Å²) in [5, 5.41) is 6.68. The van der Waals surface area contributed by atoms with Crippen LogP contribution in [0.25, 0.3) is 22.0 Å². The number of halogens is 2. The number of nitrogens with one attached hydrogen (secondary N) is 2. The maximum atomic E-state index is 14.6. The fraction of sp³-hybridized carbons (Fsp3) is 0.258. The van der Waals surface area contributed by atoms with E-state index in [0.717, 1.165) is 39.1 Å². The zero-order chi connectivity index (χ0) is 28.8. The smallest absolute Gasteiger partial charge is 0.247 e. The number of hydrogen-bond acceptors (Lipinski definition) is 7. The molecular formula is C31H32F2N6O2. The third kappa shape index (κ3) is 7.03. The van der Waals surface area contributed by atoms with Gasteiger partial charge in [-0.1, -0.05) is 18.7 Å². The molecule has 0 aliphatic carbocycles. The number of carbonyl (C=O) groups is 1. The van der Waals surface area contributed by atoms with Gasteiger partial charge in [-0.2, -0.15) is 0 Å². The number of anilines is 3. The van der Waals surface area contributed by atoms with E-state index in [4.69, 9.17) is 4.74 Å². The van der Waals surface area contributed by atoms with Gasteiger partial charge in [0, 0.05) is 55.4 Å². The molecule has 0 bridgehead atoms. The number of fused-ring (bicyclic) bond motifs is 1. The summed E-state index contributed by atoms with van der Waals surface area (Å²) in [5.74, 6) is -0.244. The molecule has 1 aliphatic rings. The van der Waals surface area contributed by atoms with E-state index in [0.29, 0.717) is 51.6 Å². The van der Waals surface area contributed by atoms with Crippen molar-refractivity contribution in [2.45, 2.75) is 6.42 Å². The second-order valence-electron chi connectivity index (χ2n) is 9.95. The zero-order valence-electron chi connectivity index (χ0n) is 22.9. The Labute approximate surface area is 237 Å². The van der Waals surface area contributed by atoms with Crippen molar-refractivity contribution < 1.29 is 18.3 Å². The van der Waals surface area contributed by atoms with E-state index in [-0.39, 0.29) is 5.91 Å². The second kappa shape index (κ2) is 12.8. The summed E-state index contributed by atoms with van der Waals surface area (Å²) in [6.45, 7) is 9.17. The van der Waals surface area contributed by atoms with Crippen LogP contribution < -0.4 is 15.4 Å². The van der Waals surface area contributed by atoms with Gasteiger partial charge in [0.25, 0.3) is 0 Å². The monoisotopic (exact) mass is 558 g/mol. The minimum absolute atomic E-state index is 0.319. The molecular weight excluding hydrogens is 526 g/mol. The van der Waals surface area contributed by atoms with Crippen LogP contribution in [0.5, 0.6) is 5.75 Å². The quantitative estimate of drug-likeness (QED) is 0.198. The Hall–Kier alpha value is -4.41. The highest BCUT2D eigenvalue weighted by Gasteiger charge is 2.16. The van der Waals surface area contributed by atoms with E-state index >= 15 is 0 Å². The Bertz CT molecular complexity index is 1540. The molecule has 41 heavy (non-hydrogen) atoms. The van der Waals surface area contributed by atoms with E-state index in [1.54, 1.807) is 24.3 Å². The number of amides is 1. The summed E-state index contributed by atoms with van der Waals surface area (Å²) in [5.41, 5.74) is 2.51. The third-order valence-electron chi connectivity index (χ3n) is 7.04. The van der Waals surface area contributed by atoms with Crippen LogP contribution in [0.3, 0.4) is 0 Å². The number of carbonyl (C=O) groups excluding carboxylic acids is 1. The van der Waals surface area contributed by atoms with Crippen molar-refractivity contribution in [3.63, 3.8) is 0 Å². The van der Waals surface area contributed by atoms with Crippen molar-refractivity contribution >= 4 is 34.0 Å². The molecule has 1 aliphatic heterocycles. The number of aromatic nitrogens is 2. The Morgan fingerprint density at radius 2 is 1.83 bits per heavy atom. The lowest BCUT2D eigenvalue weighted by atomic mass is 10.0. The number of benzene rings is 3. The van der Waals surface area contributed by atoms with Crippen molar-refractivity contribution in [3.05, 3.63) is 85.2 Å². The highest BCUT2D eigenvalue weighted by molar-refractivity contribution is 6.03. The predicted molar refractivity (Wildman–Crippen MR) is 157 cm³/mol. The maximum absolute atomic E-state index is 14.6. The summed E-state index contributed by atoms with van der Waals surface area (Å²) in [7, 11) is 2.13. The van der Waals surface area contributed by atoms with Gasteiger partial charge in [0.1, 0.15) is 29.5 Å². The average molecular weight is 559 g/mol. The van der Waals surface area contributed by atoms with E-state index in [2.05, 4.69) is 44.0 Å². The number of ether oxygens (including phenoxy) is 1. The summed E-state index contributed by atoms with van der Waals surface area (Å²) < 4.78 is 34.1. The Balaban J connectivity index is 1.37. The normalized spacial score (nSPS) is 14.1. The number of hydrogen-bond donors (Lipinski definition) is 2. The van der Waals surface area contributed by atoms with Crippen molar-refractivity contribution in [2.24, 2.45) is 0 Å². The Kier molecular flexibility index (Phi) is 8.81. The number of rotatable bonds is 10. The molecule has 0 spiro atoms. The first kappa shape index (κ1) is 28.1. The van der Waals surface area contributed by atoms with E-state index in [1.807, 2.05) is 0 Å². The van der Waals surface area contributed by atoms with Gasteiger partial charge in [-0.3, -0.25) is 4.79 Å². The van der Waals surface area contributed by atoms with Crippen molar-refractivity contribution in [2.75, 3.05) is 57.0 Å². The summed E-state index contributed by atoms with van der Waals surface area (Å²) in [4.78, 5) is 25.8. The lowest BCUT2D eigenvalue weighted by molar-refractivity contribution is -0.111. The number of piperazine rings is 1. The summed E-state index contributed by atoms with van der Waals surface area (Å²) in [6.07, 6.45) is 3.46. The van der Waals surface area contributed by atoms with Crippen molar-refractivity contribution in [1.29, 1.82) is 0 Å². The van der Waals surface area contributed by atoms with Gasteiger partial charge in [0.05, 0.1) is 17.8 Å². The molecule has 0 unspecified atom stereocenters. The summed E-state index contributed by atoms with van der Waals surface area (Å²) >= 11 is 0. The zero-order valence-corrected chi connectivity index (χ0v) is 22.9. The first-order valence-electron chi connectivity index (χ1n) is 13.5. The maximum Gasteiger partial charge on any atom is 0.247 e. The molecule has 0 atom stereocenters. The van der Waals surface area contributed by atoms with Gasteiger partial charge in [-0.25, -0.2) is 18.7 Å². The molecule has 1 saturated heterocycles. The molecule has 8 nitrogen and oxygen atoms in total. The van der Waals surface area contributed by atoms with Crippen LogP contribution in [-0.2, 0) is 4.79 Å². The molecule has 5 rings (SSSR count). The first-order chi connectivity index (χ1) is 19.9. The molecule has 0 saturated carbocycles. The minimum atomic E-state index is -0.432.